The number of carbonyl (C=O) groups is 1. The Balaban J connectivity index is 2.20. The van der Waals surface area contributed by atoms with Crippen LogP contribution in [0.1, 0.15) is 34.3 Å². The van der Waals surface area contributed by atoms with Gasteiger partial charge in [-0.1, -0.05) is 17.9 Å². The van der Waals surface area contributed by atoms with Crippen molar-refractivity contribution in [2.45, 2.75) is 19.8 Å². The van der Waals surface area contributed by atoms with E-state index in [1.807, 2.05) is 37.1 Å². The number of nitrogens with two attached hydrogens (primary N) is 1. The third kappa shape index (κ3) is 3.36. The highest BCUT2D eigenvalue weighted by Gasteiger charge is 2.25. The molecule has 100 valence electrons. The third-order valence-electron chi connectivity index (χ3n) is 3.47. The van der Waals surface area contributed by atoms with Crippen LogP contribution in [0.5, 0.6) is 0 Å². The fourth-order valence-electron chi connectivity index (χ4n) is 2.13. The Morgan fingerprint density at radius 1 is 1.47 bits per heavy atom. The molecule has 1 amide bonds. The highest BCUT2D eigenvalue weighted by atomic mass is 16.2. The fraction of sp³-hybridized carbons (Fsp3) is 0.438. The molecule has 1 aliphatic rings. The van der Waals surface area contributed by atoms with Gasteiger partial charge in [0.25, 0.3) is 5.91 Å². The first-order valence-electron chi connectivity index (χ1n) is 6.67. The van der Waals surface area contributed by atoms with E-state index < -0.39 is 0 Å². The van der Waals surface area contributed by atoms with Crippen LogP contribution in [0.2, 0.25) is 0 Å². The van der Waals surface area contributed by atoms with Crippen molar-refractivity contribution in [3.05, 3.63) is 34.9 Å². The Morgan fingerprint density at radius 3 is 2.84 bits per heavy atom. The molecule has 0 spiro atoms. The second-order valence-corrected chi connectivity index (χ2v) is 5.11. The van der Waals surface area contributed by atoms with Crippen LogP contribution in [-0.4, -0.2) is 30.9 Å². The summed E-state index contributed by atoms with van der Waals surface area (Å²) in [7, 11) is 1.87. The van der Waals surface area contributed by atoms with Crippen molar-refractivity contribution in [3.8, 4) is 11.8 Å². The summed E-state index contributed by atoms with van der Waals surface area (Å²) < 4.78 is 0. The van der Waals surface area contributed by atoms with Crippen LogP contribution >= 0.6 is 0 Å². The number of nitrogens with zero attached hydrogens (tertiary/aromatic N) is 1. The summed E-state index contributed by atoms with van der Waals surface area (Å²) in [6.07, 6.45) is 2.50. The smallest absolute Gasteiger partial charge is 0.253 e. The summed E-state index contributed by atoms with van der Waals surface area (Å²) in [5.74, 6) is 6.64. The minimum atomic E-state index is 0.0841. The monoisotopic (exact) mass is 256 g/mol. The lowest BCUT2D eigenvalue weighted by Crippen LogP contribution is -2.29. The largest absolute Gasteiger partial charge is 0.341 e. The van der Waals surface area contributed by atoms with E-state index in [9.17, 15) is 4.79 Å². The second kappa shape index (κ2) is 5.90. The normalized spacial score (nSPS) is 13.6. The lowest BCUT2D eigenvalue weighted by molar-refractivity contribution is 0.0788. The first-order valence-corrected chi connectivity index (χ1v) is 6.67. The summed E-state index contributed by atoms with van der Waals surface area (Å²) in [4.78, 5) is 14.2. The quantitative estimate of drug-likeness (QED) is 0.838. The molecule has 2 N–H and O–H groups in total. The summed E-state index contributed by atoms with van der Waals surface area (Å²) in [5.41, 5.74) is 7.95. The molecule has 0 heterocycles. The topological polar surface area (TPSA) is 46.3 Å². The average molecular weight is 256 g/mol. The van der Waals surface area contributed by atoms with Crippen LogP contribution < -0.4 is 5.73 Å². The predicted molar refractivity (Wildman–Crippen MR) is 76.8 cm³/mol. The van der Waals surface area contributed by atoms with Gasteiger partial charge in [0.15, 0.2) is 0 Å². The molecule has 0 atom stereocenters. The SMILES string of the molecule is Cc1c(C#CCN)cccc1C(=O)N(C)CC1CC1. The highest BCUT2D eigenvalue weighted by Crippen LogP contribution is 2.29. The lowest BCUT2D eigenvalue weighted by Gasteiger charge is -2.18. The molecular formula is C16H20N2O. The van der Waals surface area contributed by atoms with Crippen molar-refractivity contribution < 1.29 is 4.79 Å². The molecule has 2 rings (SSSR count). The van der Waals surface area contributed by atoms with Crippen LogP contribution in [0, 0.1) is 24.7 Å². The molecule has 0 aliphatic heterocycles. The van der Waals surface area contributed by atoms with Crippen molar-refractivity contribution in [2.75, 3.05) is 20.1 Å². The second-order valence-electron chi connectivity index (χ2n) is 5.11. The zero-order valence-electron chi connectivity index (χ0n) is 11.6. The number of amides is 1. The number of benzene rings is 1. The van der Waals surface area contributed by atoms with E-state index >= 15 is 0 Å². The first kappa shape index (κ1) is 13.6. The molecule has 1 aromatic carbocycles. The maximum Gasteiger partial charge on any atom is 0.253 e. The Labute approximate surface area is 114 Å². The van der Waals surface area contributed by atoms with Crippen LogP contribution in [0.3, 0.4) is 0 Å². The van der Waals surface area contributed by atoms with E-state index in [4.69, 9.17) is 5.73 Å². The van der Waals surface area contributed by atoms with E-state index in [0.717, 1.165) is 23.2 Å². The predicted octanol–water partition coefficient (Wildman–Crippen LogP) is 1.79. The number of rotatable bonds is 3. The lowest BCUT2D eigenvalue weighted by atomic mass is 10.0. The van der Waals surface area contributed by atoms with Gasteiger partial charge in [0.1, 0.15) is 0 Å². The van der Waals surface area contributed by atoms with E-state index in [2.05, 4.69) is 11.8 Å². The molecule has 1 saturated carbocycles. The van der Waals surface area contributed by atoms with E-state index in [0.29, 0.717) is 12.5 Å². The minimum absolute atomic E-state index is 0.0841. The molecule has 1 fully saturated rings. The Bertz CT molecular complexity index is 535. The zero-order valence-corrected chi connectivity index (χ0v) is 11.6. The Hall–Kier alpha value is -1.79. The van der Waals surface area contributed by atoms with Gasteiger partial charge in [-0.05, 0) is 43.4 Å². The molecule has 3 nitrogen and oxygen atoms in total. The number of hydrogen-bond acceptors (Lipinski definition) is 2. The Morgan fingerprint density at radius 2 is 2.21 bits per heavy atom. The van der Waals surface area contributed by atoms with Crippen molar-refractivity contribution in [1.82, 2.24) is 4.90 Å². The van der Waals surface area contributed by atoms with Gasteiger partial charge in [0, 0.05) is 24.7 Å². The van der Waals surface area contributed by atoms with E-state index in [1.54, 1.807) is 0 Å². The van der Waals surface area contributed by atoms with E-state index in [-0.39, 0.29) is 5.91 Å². The van der Waals surface area contributed by atoms with Gasteiger partial charge >= 0.3 is 0 Å². The van der Waals surface area contributed by atoms with Crippen molar-refractivity contribution in [3.63, 3.8) is 0 Å². The fourth-order valence-corrected chi connectivity index (χ4v) is 2.13. The van der Waals surface area contributed by atoms with Gasteiger partial charge in [0.05, 0.1) is 6.54 Å². The van der Waals surface area contributed by atoms with Crippen LogP contribution in [0.4, 0.5) is 0 Å². The van der Waals surface area contributed by atoms with Crippen LogP contribution in [-0.2, 0) is 0 Å². The maximum absolute atomic E-state index is 12.4. The molecule has 0 bridgehead atoms. The summed E-state index contributed by atoms with van der Waals surface area (Å²) in [5, 5.41) is 0. The summed E-state index contributed by atoms with van der Waals surface area (Å²) >= 11 is 0. The summed E-state index contributed by atoms with van der Waals surface area (Å²) in [6, 6.07) is 5.68. The van der Waals surface area contributed by atoms with Crippen molar-refractivity contribution in [1.29, 1.82) is 0 Å². The van der Waals surface area contributed by atoms with Crippen LogP contribution in [0.15, 0.2) is 18.2 Å². The molecule has 0 unspecified atom stereocenters. The highest BCUT2D eigenvalue weighted by molar-refractivity contribution is 5.96. The van der Waals surface area contributed by atoms with Crippen molar-refractivity contribution >= 4 is 5.91 Å². The molecule has 0 aromatic heterocycles. The summed E-state index contributed by atoms with van der Waals surface area (Å²) in [6.45, 7) is 3.13. The van der Waals surface area contributed by atoms with Gasteiger partial charge < -0.3 is 10.6 Å². The molecular weight excluding hydrogens is 236 g/mol. The number of carbonyl (C=O) groups excluding carboxylic acids is 1. The van der Waals surface area contributed by atoms with Crippen LogP contribution in [0.25, 0.3) is 0 Å². The third-order valence-corrected chi connectivity index (χ3v) is 3.47. The Kier molecular flexibility index (Phi) is 4.24. The molecule has 0 radical (unpaired) electrons. The molecule has 1 aliphatic carbocycles. The van der Waals surface area contributed by atoms with Gasteiger partial charge in [-0.2, -0.15) is 0 Å². The first-order chi connectivity index (χ1) is 9.13. The molecule has 1 aromatic rings. The van der Waals surface area contributed by atoms with Gasteiger partial charge in [-0.3, -0.25) is 4.79 Å². The maximum atomic E-state index is 12.4. The number of hydrogen-bond donors (Lipinski definition) is 1. The molecule has 19 heavy (non-hydrogen) atoms. The van der Waals surface area contributed by atoms with E-state index in [1.165, 1.54) is 12.8 Å². The minimum Gasteiger partial charge on any atom is -0.341 e. The molecule has 0 saturated heterocycles. The zero-order chi connectivity index (χ0) is 13.8. The average Bonchev–Trinajstić information content (AvgIpc) is 3.20. The van der Waals surface area contributed by atoms with Gasteiger partial charge in [-0.25, -0.2) is 0 Å². The van der Waals surface area contributed by atoms with Crippen molar-refractivity contribution in [2.24, 2.45) is 11.7 Å². The standard InChI is InChI=1S/C16H20N2O/c1-12-14(6-4-10-17)5-3-7-15(12)16(19)18(2)11-13-8-9-13/h3,5,7,13H,8-11,17H2,1-2H3. The molecule has 3 heteroatoms. The van der Waals surface area contributed by atoms with Gasteiger partial charge in [0.2, 0.25) is 0 Å². The van der Waals surface area contributed by atoms with Gasteiger partial charge in [-0.15, -0.1) is 0 Å².